The van der Waals surface area contributed by atoms with Crippen LogP contribution < -0.4 is 10.2 Å². The number of aromatic nitrogens is 3. The molecular weight excluding hydrogens is 314 g/mol. The first-order valence-electron chi connectivity index (χ1n) is 8.78. The molecule has 1 saturated heterocycles. The number of nitrogens with zero attached hydrogens (tertiary/aromatic N) is 4. The van der Waals surface area contributed by atoms with Gasteiger partial charge < -0.3 is 10.2 Å². The monoisotopic (exact) mass is 339 g/mol. The highest BCUT2D eigenvalue weighted by atomic mass is 16.1. The van der Waals surface area contributed by atoms with Gasteiger partial charge in [0.25, 0.3) is 0 Å². The van der Waals surface area contributed by atoms with Crippen LogP contribution in [-0.4, -0.2) is 33.9 Å². The number of nitrogens with one attached hydrogen (secondary N) is 1. The fourth-order valence-electron chi connectivity index (χ4n) is 3.25. The molecule has 0 aromatic carbocycles. The summed E-state index contributed by atoms with van der Waals surface area (Å²) in [6.45, 7) is 8.25. The maximum atomic E-state index is 12.4. The molecule has 0 radical (unpaired) electrons. The molecule has 0 bridgehead atoms. The summed E-state index contributed by atoms with van der Waals surface area (Å²) >= 11 is 0. The predicted octanol–water partition coefficient (Wildman–Crippen LogP) is 2.33. The topological polar surface area (TPSA) is 71.0 Å². The smallest absolute Gasteiger partial charge is 0.223 e. The zero-order valence-corrected chi connectivity index (χ0v) is 15.1. The van der Waals surface area contributed by atoms with Crippen molar-refractivity contribution in [2.75, 3.05) is 18.0 Å². The quantitative estimate of drug-likeness (QED) is 0.926. The average molecular weight is 339 g/mol. The first kappa shape index (κ1) is 17.3. The van der Waals surface area contributed by atoms with Crippen molar-refractivity contribution < 1.29 is 4.79 Å². The molecule has 1 amide bonds. The Kier molecular flexibility index (Phi) is 5.26. The molecule has 2 aromatic rings. The lowest BCUT2D eigenvalue weighted by Crippen LogP contribution is -2.41. The number of anilines is 1. The summed E-state index contributed by atoms with van der Waals surface area (Å²) in [6.07, 6.45) is 5.21. The maximum Gasteiger partial charge on any atom is 0.223 e. The Bertz CT molecular complexity index is 739. The number of rotatable bonds is 4. The minimum atomic E-state index is 0.0669. The highest BCUT2D eigenvalue weighted by molar-refractivity contribution is 5.79. The molecule has 1 N–H and O–H groups in total. The maximum absolute atomic E-state index is 12.4. The fraction of sp³-hybridized carbons (Fsp3) is 0.474. The summed E-state index contributed by atoms with van der Waals surface area (Å²) in [7, 11) is 0. The van der Waals surface area contributed by atoms with E-state index < -0.39 is 0 Å². The number of carbonyl (C=O) groups is 1. The molecule has 0 atom stereocenters. The second-order valence-electron chi connectivity index (χ2n) is 6.65. The molecule has 6 nitrogen and oxygen atoms in total. The Morgan fingerprint density at radius 1 is 1.24 bits per heavy atom. The number of piperidine rings is 1. The van der Waals surface area contributed by atoms with Gasteiger partial charge in [0.1, 0.15) is 11.6 Å². The van der Waals surface area contributed by atoms with E-state index in [4.69, 9.17) is 0 Å². The SMILES string of the molecule is Cc1nc(C)c(C)c(N2CCC(C(=O)NCc3cccnc3)CC2)n1. The lowest BCUT2D eigenvalue weighted by atomic mass is 9.95. The van der Waals surface area contributed by atoms with Crippen molar-refractivity contribution >= 4 is 11.7 Å². The van der Waals surface area contributed by atoms with Gasteiger partial charge in [-0.25, -0.2) is 9.97 Å². The van der Waals surface area contributed by atoms with Gasteiger partial charge in [-0.1, -0.05) is 6.07 Å². The molecule has 3 heterocycles. The molecule has 132 valence electrons. The Labute approximate surface area is 148 Å². The summed E-state index contributed by atoms with van der Waals surface area (Å²) in [4.78, 5) is 27.8. The minimum Gasteiger partial charge on any atom is -0.356 e. The van der Waals surface area contributed by atoms with Gasteiger partial charge in [0.05, 0.1) is 0 Å². The van der Waals surface area contributed by atoms with Crippen molar-refractivity contribution in [2.24, 2.45) is 5.92 Å². The second-order valence-corrected chi connectivity index (χ2v) is 6.65. The van der Waals surface area contributed by atoms with Crippen molar-refractivity contribution in [3.63, 3.8) is 0 Å². The summed E-state index contributed by atoms with van der Waals surface area (Å²) in [5, 5.41) is 3.03. The number of hydrogen-bond acceptors (Lipinski definition) is 5. The van der Waals surface area contributed by atoms with E-state index in [0.717, 1.165) is 54.4 Å². The van der Waals surface area contributed by atoms with Crippen LogP contribution in [0.15, 0.2) is 24.5 Å². The first-order valence-corrected chi connectivity index (χ1v) is 8.78. The summed E-state index contributed by atoms with van der Waals surface area (Å²) < 4.78 is 0. The van der Waals surface area contributed by atoms with Gasteiger partial charge in [0, 0.05) is 49.2 Å². The van der Waals surface area contributed by atoms with Crippen LogP contribution in [0.4, 0.5) is 5.82 Å². The molecule has 25 heavy (non-hydrogen) atoms. The molecule has 0 unspecified atom stereocenters. The number of pyridine rings is 1. The third kappa shape index (κ3) is 4.13. The van der Waals surface area contributed by atoms with Crippen molar-refractivity contribution in [2.45, 2.75) is 40.2 Å². The van der Waals surface area contributed by atoms with Gasteiger partial charge >= 0.3 is 0 Å². The molecule has 0 aliphatic carbocycles. The van der Waals surface area contributed by atoms with Crippen molar-refractivity contribution in [1.29, 1.82) is 0 Å². The third-order valence-corrected chi connectivity index (χ3v) is 4.83. The average Bonchev–Trinajstić information content (AvgIpc) is 2.63. The Morgan fingerprint density at radius 2 is 2.00 bits per heavy atom. The fourth-order valence-corrected chi connectivity index (χ4v) is 3.25. The zero-order valence-electron chi connectivity index (χ0n) is 15.1. The highest BCUT2D eigenvalue weighted by Gasteiger charge is 2.26. The molecule has 0 spiro atoms. The number of hydrogen-bond donors (Lipinski definition) is 1. The predicted molar refractivity (Wildman–Crippen MR) is 97.3 cm³/mol. The highest BCUT2D eigenvalue weighted by Crippen LogP contribution is 2.25. The second kappa shape index (κ2) is 7.59. The van der Waals surface area contributed by atoms with Crippen LogP contribution >= 0.6 is 0 Å². The lowest BCUT2D eigenvalue weighted by Gasteiger charge is -2.33. The van der Waals surface area contributed by atoms with Gasteiger partial charge in [0.15, 0.2) is 0 Å². The molecule has 1 fully saturated rings. The number of aryl methyl sites for hydroxylation is 2. The van der Waals surface area contributed by atoms with Crippen LogP contribution in [0.1, 0.15) is 35.5 Å². The molecule has 6 heteroatoms. The zero-order chi connectivity index (χ0) is 17.8. The van der Waals surface area contributed by atoms with Crippen molar-refractivity contribution in [3.05, 3.63) is 47.2 Å². The van der Waals surface area contributed by atoms with Crippen LogP contribution in [0.25, 0.3) is 0 Å². The molecule has 2 aromatic heterocycles. The van der Waals surface area contributed by atoms with E-state index in [1.54, 1.807) is 12.4 Å². The van der Waals surface area contributed by atoms with Gasteiger partial charge in [-0.2, -0.15) is 0 Å². The molecule has 1 aliphatic heterocycles. The molecular formula is C19H25N5O. The minimum absolute atomic E-state index is 0.0669. The van der Waals surface area contributed by atoms with Gasteiger partial charge in [-0.15, -0.1) is 0 Å². The van der Waals surface area contributed by atoms with Gasteiger partial charge in [-0.3, -0.25) is 9.78 Å². The summed E-state index contributed by atoms with van der Waals surface area (Å²) in [6, 6.07) is 3.85. The van der Waals surface area contributed by atoms with Crippen LogP contribution in [0.3, 0.4) is 0 Å². The van der Waals surface area contributed by atoms with E-state index in [1.807, 2.05) is 26.0 Å². The van der Waals surface area contributed by atoms with Gasteiger partial charge in [0.2, 0.25) is 5.91 Å². The van der Waals surface area contributed by atoms with Crippen molar-refractivity contribution in [1.82, 2.24) is 20.3 Å². The Hall–Kier alpha value is -2.50. The van der Waals surface area contributed by atoms with E-state index in [-0.39, 0.29) is 11.8 Å². The van der Waals surface area contributed by atoms with E-state index in [2.05, 4.69) is 32.1 Å². The first-order chi connectivity index (χ1) is 12.0. The van der Waals surface area contributed by atoms with Crippen LogP contribution in [0.5, 0.6) is 0 Å². The molecule has 1 aliphatic rings. The number of carbonyl (C=O) groups excluding carboxylic acids is 1. The van der Waals surface area contributed by atoms with E-state index in [1.165, 1.54) is 0 Å². The molecule has 0 saturated carbocycles. The van der Waals surface area contributed by atoms with Gasteiger partial charge in [-0.05, 0) is 45.2 Å². The van der Waals surface area contributed by atoms with E-state index >= 15 is 0 Å². The van der Waals surface area contributed by atoms with E-state index in [9.17, 15) is 4.79 Å². The summed E-state index contributed by atoms with van der Waals surface area (Å²) in [5.74, 6) is 2.01. The molecule has 3 rings (SSSR count). The normalized spacial score (nSPS) is 15.2. The lowest BCUT2D eigenvalue weighted by molar-refractivity contribution is -0.125. The van der Waals surface area contributed by atoms with Crippen LogP contribution in [-0.2, 0) is 11.3 Å². The van der Waals surface area contributed by atoms with Crippen molar-refractivity contribution in [3.8, 4) is 0 Å². The largest absolute Gasteiger partial charge is 0.356 e. The van der Waals surface area contributed by atoms with Crippen LogP contribution in [0.2, 0.25) is 0 Å². The Balaban J connectivity index is 1.56. The standard InChI is InChI=1S/C19H25N5O/c1-13-14(2)22-15(3)23-18(13)24-9-6-17(7-10-24)19(25)21-12-16-5-4-8-20-11-16/h4-5,8,11,17H,6-7,9-10,12H2,1-3H3,(H,21,25). The van der Waals surface area contributed by atoms with E-state index in [0.29, 0.717) is 6.54 Å². The summed E-state index contributed by atoms with van der Waals surface area (Å²) in [5.41, 5.74) is 3.18. The van der Waals surface area contributed by atoms with Crippen LogP contribution in [0, 0.1) is 26.7 Å². The Morgan fingerprint density at radius 3 is 2.68 bits per heavy atom. The third-order valence-electron chi connectivity index (χ3n) is 4.83. The number of amides is 1.